The van der Waals surface area contributed by atoms with Gasteiger partial charge in [0.1, 0.15) is 5.82 Å². The van der Waals surface area contributed by atoms with Crippen LogP contribution < -0.4 is 5.32 Å². The van der Waals surface area contributed by atoms with Crippen molar-refractivity contribution in [2.45, 2.75) is 19.3 Å². The lowest BCUT2D eigenvalue weighted by atomic mass is 10.2. The van der Waals surface area contributed by atoms with Gasteiger partial charge in [0.05, 0.1) is 20.1 Å². The number of hydrogen-bond donors (Lipinski definition) is 1. The number of nitrogens with one attached hydrogen (secondary N) is 1. The van der Waals surface area contributed by atoms with Crippen LogP contribution in [0.4, 0.5) is 9.18 Å². The van der Waals surface area contributed by atoms with E-state index in [4.69, 9.17) is 0 Å². The zero-order chi connectivity index (χ0) is 22.5. The molecule has 9 heteroatoms. The van der Waals surface area contributed by atoms with E-state index < -0.39 is 5.91 Å². The maximum atomic E-state index is 13.0. The van der Waals surface area contributed by atoms with Gasteiger partial charge in [-0.25, -0.2) is 9.37 Å². The van der Waals surface area contributed by atoms with Crippen molar-refractivity contribution >= 4 is 56.4 Å². The number of aromatic nitrogens is 1. The van der Waals surface area contributed by atoms with Crippen LogP contribution in [0.15, 0.2) is 53.4 Å². The van der Waals surface area contributed by atoms with Crippen molar-refractivity contribution in [3.63, 3.8) is 0 Å². The predicted molar refractivity (Wildman–Crippen MR) is 125 cm³/mol. The highest BCUT2D eigenvalue weighted by Gasteiger charge is 2.34. The fraction of sp³-hybridized carbons (Fsp3) is 0.217. The SMILES string of the molecule is O=C(CCCc1nc2ccccc2s1)NCCN1C(=O)S/C(=C\c2ccc(F)cc2)C1=O. The maximum Gasteiger partial charge on any atom is 0.293 e. The van der Waals surface area contributed by atoms with Crippen LogP contribution in [0.2, 0.25) is 0 Å². The Morgan fingerprint density at radius 1 is 1.12 bits per heavy atom. The number of carbonyl (C=O) groups is 3. The summed E-state index contributed by atoms with van der Waals surface area (Å²) in [6.45, 7) is 0.302. The van der Waals surface area contributed by atoms with Crippen LogP contribution in [0.5, 0.6) is 0 Å². The van der Waals surface area contributed by atoms with Crippen molar-refractivity contribution in [3.8, 4) is 0 Å². The van der Waals surface area contributed by atoms with E-state index in [1.165, 1.54) is 24.3 Å². The van der Waals surface area contributed by atoms with Gasteiger partial charge in [0.2, 0.25) is 5.91 Å². The number of halogens is 1. The lowest BCUT2D eigenvalue weighted by molar-refractivity contribution is -0.124. The molecular weight excluding hydrogens is 449 g/mol. The monoisotopic (exact) mass is 469 g/mol. The van der Waals surface area contributed by atoms with E-state index in [2.05, 4.69) is 10.3 Å². The number of fused-ring (bicyclic) bond motifs is 1. The lowest BCUT2D eigenvalue weighted by Crippen LogP contribution is -2.37. The quantitative estimate of drug-likeness (QED) is 0.488. The highest BCUT2D eigenvalue weighted by atomic mass is 32.2. The van der Waals surface area contributed by atoms with E-state index >= 15 is 0 Å². The predicted octanol–water partition coefficient (Wildman–Crippen LogP) is 4.61. The van der Waals surface area contributed by atoms with Gasteiger partial charge in [-0.05, 0) is 60.5 Å². The Morgan fingerprint density at radius 3 is 2.69 bits per heavy atom. The lowest BCUT2D eigenvalue weighted by Gasteiger charge is -2.12. The molecule has 1 aromatic heterocycles. The number of amides is 3. The van der Waals surface area contributed by atoms with E-state index in [1.807, 2.05) is 24.3 Å². The molecule has 1 fully saturated rings. The minimum atomic E-state index is -0.408. The number of carbonyl (C=O) groups excluding carboxylic acids is 3. The second kappa shape index (κ2) is 10.1. The zero-order valence-corrected chi connectivity index (χ0v) is 18.7. The molecule has 1 aliphatic rings. The normalized spacial score (nSPS) is 15.2. The van der Waals surface area contributed by atoms with Gasteiger partial charge in [-0.1, -0.05) is 24.3 Å². The van der Waals surface area contributed by atoms with E-state index in [0.717, 1.165) is 38.3 Å². The third kappa shape index (κ3) is 5.41. The van der Waals surface area contributed by atoms with Crippen molar-refractivity contribution in [2.24, 2.45) is 0 Å². The minimum Gasteiger partial charge on any atom is -0.354 e. The molecule has 4 rings (SSSR count). The number of aryl methyl sites for hydroxylation is 1. The van der Waals surface area contributed by atoms with Gasteiger partial charge in [0.25, 0.3) is 11.1 Å². The second-order valence-corrected chi connectivity index (χ2v) is 9.27. The summed E-state index contributed by atoms with van der Waals surface area (Å²) in [4.78, 5) is 42.7. The Hall–Kier alpha value is -3.04. The zero-order valence-electron chi connectivity index (χ0n) is 17.0. The van der Waals surface area contributed by atoms with Gasteiger partial charge in [-0.2, -0.15) is 0 Å². The van der Waals surface area contributed by atoms with Crippen LogP contribution >= 0.6 is 23.1 Å². The highest BCUT2D eigenvalue weighted by molar-refractivity contribution is 8.18. The molecule has 2 aromatic carbocycles. The number of thioether (sulfide) groups is 1. The van der Waals surface area contributed by atoms with E-state index in [-0.39, 0.29) is 35.0 Å². The standard InChI is InChI=1S/C23H20FN3O3S2/c24-16-10-8-15(9-11-16)14-19-22(29)27(23(30)32-19)13-12-25-20(28)6-3-7-21-26-17-4-1-2-5-18(17)31-21/h1-2,4-5,8-11,14H,3,6-7,12-13H2,(H,25,28)/b19-14-. The Bertz CT molecular complexity index is 1160. The van der Waals surface area contributed by atoms with Gasteiger partial charge < -0.3 is 5.32 Å². The Morgan fingerprint density at radius 2 is 1.91 bits per heavy atom. The molecule has 164 valence electrons. The summed E-state index contributed by atoms with van der Waals surface area (Å²) in [7, 11) is 0. The third-order valence-electron chi connectivity index (χ3n) is 4.83. The van der Waals surface area contributed by atoms with Crippen LogP contribution in [0.25, 0.3) is 16.3 Å². The molecule has 1 saturated heterocycles. The molecule has 0 bridgehead atoms. The molecule has 3 amide bonds. The summed E-state index contributed by atoms with van der Waals surface area (Å²) < 4.78 is 14.2. The Kier molecular flexibility index (Phi) is 6.96. The highest BCUT2D eigenvalue weighted by Crippen LogP contribution is 2.31. The average Bonchev–Trinajstić information content (AvgIpc) is 3.30. The number of thiazole rings is 1. The molecule has 1 aliphatic heterocycles. The van der Waals surface area contributed by atoms with Crippen LogP contribution in [0, 0.1) is 5.82 Å². The molecular formula is C23H20FN3O3S2. The second-order valence-electron chi connectivity index (χ2n) is 7.16. The molecule has 32 heavy (non-hydrogen) atoms. The average molecular weight is 470 g/mol. The topological polar surface area (TPSA) is 79.4 Å². The number of rotatable bonds is 8. The third-order valence-corrected chi connectivity index (χ3v) is 6.84. The number of imide groups is 1. The van der Waals surface area contributed by atoms with Gasteiger partial charge >= 0.3 is 0 Å². The van der Waals surface area contributed by atoms with Gasteiger partial charge in [-0.15, -0.1) is 11.3 Å². The minimum absolute atomic E-state index is 0.106. The van der Waals surface area contributed by atoms with Crippen molar-refractivity contribution in [3.05, 3.63) is 69.8 Å². The first-order valence-corrected chi connectivity index (χ1v) is 11.7. The summed E-state index contributed by atoms with van der Waals surface area (Å²) in [5, 5.41) is 3.39. The molecule has 0 radical (unpaired) electrons. The number of para-hydroxylation sites is 1. The Balaban J connectivity index is 1.21. The Labute approximate surface area is 192 Å². The fourth-order valence-corrected chi connectivity index (χ4v) is 5.10. The van der Waals surface area contributed by atoms with Crippen LogP contribution in [-0.4, -0.2) is 40.0 Å². The summed E-state index contributed by atoms with van der Waals surface area (Å²) in [5.41, 5.74) is 1.61. The number of benzene rings is 2. The van der Waals surface area contributed by atoms with Gasteiger partial charge in [-0.3, -0.25) is 19.3 Å². The van der Waals surface area contributed by atoms with Crippen LogP contribution in [0.1, 0.15) is 23.4 Å². The molecule has 0 aliphatic carbocycles. The molecule has 0 unspecified atom stereocenters. The van der Waals surface area contributed by atoms with Crippen molar-refractivity contribution in [1.82, 2.24) is 15.2 Å². The smallest absolute Gasteiger partial charge is 0.293 e. The fourth-order valence-electron chi connectivity index (χ4n) is 3.23. The summed E-state index contributed by atoms with van der Waals surface area (Å²) >= 11 is 2.47. The van der Waals surface area contributed by atoms with Crippen LogP contribution in [0.3, 0.4) is 0 Å². The molecule has 1 N–H and O–H groups in total. The van der Waals surface area contributed by atoms with Crippen LogP contribution in [-0.2, 0) is 16.0 Å². The number of nitrogens with zero attached hydrogens (tertiary/aromatic N) is 2. The van der Waals surface area contributed by atoms with Gasteiger partial charge in [0, 0.05) is 19.5 Å². The molecule has 0 saturated carbocycles. The molecule has 0 atom stereocenters. The number of hydrogen-bond acceptors (Lipinski definition) is 6. The summed E-state index contributed by atoms with van der Waals surface area (Å²) in [6.07, 6.45) is 3.31. The molecule has 3 aromatic rings. The van der Waals surface area contributed by atoms with E-state index in [9.17, 15) is 18.8 Å². The first kappa shape index (κ1) is 22.2. The summed E-state index contributed by atoms with van der Waals surface area (Å²) in [6, 6.07) is 13.6. The first-order valence-electron chi connectivity index (χ1n) is 10.1. The largest absolute Gasteiger partial charge is 0.354 e. The van der Waals surface area contributed by atoms with Crippen molar-refractivity contribution in [2.75, 3.05) is 13.1 Å². The van der Waals surface area contributed by atoms with Crippen molar-refractivity contribution < 1.29 is 18.8 Å². The summed E-state index contributed by atoms with van der Waals surface area (Å²) in [5.74, 6) is -0.902. The van der Waals surface area contributed by atoms with Gasteiger partial charge in [0.15, 0.2) is 0 Å². The van der Waals surface area contributed by atoms with Crippen molar-refractivity contribution in [1.29, 1.82) is 0 Å². The van der Waals surface area contributed by atoms with E-state index in [0.29, 0.717) is 18.4 Å². The van der Waals surface area contributed by atoms with E-state index in [1.54, 1.807) is 17.4 Å². The molecule has 2 heterocycles. The maximum absolute atomic E-state index is 13.0. The molecule has 6 nitrogen and oxygen atoms in total. The first-order chi connectivity index (χ1) is 15.5. The molecule has 0 spiro atoms.